The number of nitrogens with one attached hydrogen (secondary N) is 4. The summed E-state index contributed by atoms with van der Waals surface area (Å²) >= 11 is 0. The molecule has 9 heteroatoms. The molecule has 2 aliphatic rings. The number of anilines is 1. The van der Waals surface area contributed by atoms with E-state index in [0.29, 0.717) is 40.2 Å². The number of halogens is 1. The van der Waals surface area contributed by atoms with Gasteiger partial charge >= 0.3 is 0 Å². The summed E-state index contributed by atoms with van der Waals surface area (Å²) in [5, 5.41) is 8.80. The third kappa shape index (κ3) is 5.70. The van der Waals surface area contributed by atoms with Crippen molar-refractivity contribution in [3.05, 3.63) is 87.5 Å². The van der Waals surface area contributed by atoms with Crippen molar-refractivity contribution in [2.45, 2.75) is 39.7 Å². The highest BCUT2D eigenvalue weighted by Gasteiger charge is 2.27. The van der Waals surface area contributed by atoms with Crippen LogP contribution in [-0.2, 0) is 4.79 Å². The van der Waals surface area contributed by atoms with Crippen molar-refractivity contribution in [2.75, 3.05) is 31.5 Å². The van der Waals surface area contributed by atoms with Crippen molar-refractivity contribution in [1.29, 1.82) is 0 Å². The minimum atomic E-state index is -0.338. The van der Waals surface area contributed by atoms with Crippen LogP contribution in [0, 0.1) is 19.7 Å². The van der Waals surface area contributed by atoms with Crippen LogP contribution in [0.25, 0.3) is 11.6 Å². The largest absolute Gasteiger partial charge is 0.358 e. The average molecular weight is 544 g/mol. The summed E-state index contributed by atoms with van der Waals surface area (Å²) in [7, 11) is 0. The molecule has 1 aromatic heterocycles. The molecule has 40 heavy (non-hydrogen) atoms. The van der Waals surface area contributed by atoms with Crippen molar-refractivity contribution in [3.8, 4) is 0 Å². The quantitative estimate of drug-likeness (QED) is 0.312. The minimum Gasteiger partial charge on any atom is -0.358 e. The van der Waals surface area contributed by atoms with E-state index >= 15 is 0 Å². The zero-order valence-electron chi connectivity index (χ0n) is 23.0. The number of aromatic amines is 1. The Kier molecular flexibility index (Phi) is 7.84. The number of fused-ring (bicyclic) bond motifs is 1. The highest BCUT2D eigenvalue weighted by molar-refractivity contribution is 6.35. The molecule has 0 aliphatic carbocycles. The molecule has 0 unspecified atom stereocenters. The van der Waals surface area contributed by atoms with E-state index in [2.05, 4.69) is 25.8 Å². The predicted octanol–water partition coefficient (Wildman–Crippen LogP) is 4.58. The summed E-state index contributed by atoms with van der Waals surface area (Å²) in [5.74, 6) is -1.07. The first-order valence-corrected chi connectivity index (χ1v) is 13.6. The number of likely N-dealkylation sites (tertiary alicyclic amines) is 1. The molecular formula is C31H34FN5O3. The van der Waals surface area contributed by atoms with Gasteiger partial charge in [0.15, 0.2) is 0 Å². The topological polar surface area (TPSA) is 106 Å². The van der Waals surface area contributed by atoms with Crippen LogP contribution in [0.15, 0.2) is 42.5 Å². The smallest absolute Gasteiger partial charge is 0.256 e. The summed E-state index contributed by atoms with van der Waals surface area (Å²) in [5.41, 5.74) is 5.53. The van der Waals surface area contributed by atoms with Crippen LogP contribution in [0.1, 0.15) is 74.6 Å². The Balaban J connectivity index is 1.33. The maximum atomic E-state index is 13.3. The fraction of sp³-hybridized carbons (Fsp3) is 0.323. The molecule has 2 aromatic carbocycles. The van der Waals surface area contributed by atoms with E-state index in [9.17, 15) is 18.8 Å². The van der Waals surface area contributed by atoms with Gasteiger partial charge in [-0.3, -0.25) is 14.4 Å². The zero-order valence-corrected chi connectivity index (χ0v) is 23.0. The molecule has 1 saturated heterocycles. The molecule has 0 radical (unpaired) electrons. The normalized spacial score (nSPS) is 16.6. The number of aryl methyl sites for hydroxylation is 1. The molecule has 4 N–H and O–H groups in total. The van der Waals surface area contributed by atoms with E-state index < -0.39 is 0 Å². The van der Waals surface area contributed by atoms with E-state index in [-0.39, 0.29) is 29.6 Å². The average Bonchev–Trinajstić information content (AvgIpc) is 3.62. The summed E-state index contributed by atoms with van der Waals surface area (Å²) < 4.78 is 13.3. The van der Waals surface area contributed by atoms with Gasteiger partial charge in [-0.15, -0.1) is 0 Å². The molecule has 2 aliphatic heterocycles. The molecule has 3 heterocycles. The Morgan fingerprint density at radius 3 is 2.52 bits per heavy atom. The van der Waals surface area contributed by atoms with Crippen molar-refractivity contribution >= 4 is 35.1 Å². The molecular weight excluding hydrogens is 509 g/mol. The highest BCUT2D eigenvalue weighted by atomic mass is 19.1. The number of hydrogen-bond donors (Lipinski definition) is 4. The van der Waals surface area contributed by atoms with Crippen LogP contribution in [0.3, 0.4) is 0 Å². The molecule has 0 bridgehead atoms. The van der Waals surface area contributed by atoms with Gasteiger partial charge in [-0.2, -0.15) is 0 Å². The molecule has 3 aromatic rings. The van der Waals surface area contributed by atoms with Gasteiger partial charge in [0.2, 0.25) is 0 Å². The fourth-order valence-corrected chi connectivity index (χ4v) is 5.41. The Morgan fingerprint density at radius 1 is 1.07 bits per heavy atom. The van der Waals surface area contributed by atoms with E-state index in [4.69, 9.17) is 0 Å². The molecule has 5 rings (SSSR count). The second kappa shape index (κ2) is 11.5. The lowest BCUT2D eigenvalue weighted by Crippen LogP contribution is -2.33. The van der Waals surface area contributed by atoms with Gasteiger partial charge in [-0.1, -0.05) is 12.1 Å². The first-order chi connectivity index (χ1) is 19.2. The summed E-state index contributed by atoms with van der Waals surface area (Å²) in [6.45, 7) is 9.11. The van der Waals surface area contributed by atoms with Gasteiger partial charge in [0.05, 0.1) is 17.2 Å². The van der Waals surface area contributed by atoms with Gasteiger partial charge < -0.3 is 25.8 Å². The second-order valence-electron chi connectivity index (χ2n) is 10.5. The van der Waals surface area contributed by atoms with Crippen molar-refractivity contribution in [3.63, 3.8) is 0 Å². The summed E-state index contributed by atoms with van der Waals surface area (Å²) in [4.78, 5) is 44.5. The number of nitrogens with zero attached hydrogens (tertiary/aromatic N) is 1. The number of carbonyl (C=O) groups is 3. The first-order valence-electron chi connectivity index (χ1n) is 13.6. The van der Waals surface area contributed by atoms with Gasteiger partial charge in [0.25, 0.3) is 17.7 Å². The molecule has 1 fully saturated rings. The van der Waals surface area contributed by atoms with Crippen LogP contribution in [0.4, 0.5) is 10.1 Å². The fourth-order valence-electron chi connectivity index (χ4n) is 5.41. The Hall–Kier alpha value is -4.24. The maximum absolute atomic E-state index is 13.3. The standard InChI is InChI=1S/C31H34FN5O3/c1-18-27(34-20(3)28(18)31(40)33-12-15-37-13-4-5-14-37)17-25-24-16-22(8-11-26(24)36-30(25)39)29(38)35-19(2)21-6-9-23(32)10-7-21/h6-11,16-17,19,34H,4-5,12-15H2,1-3H3,(H,33,40)(H,35,38)(H,36,39)/b25-17-/t19-/m1/s1. The molecule has 3 amide bonds. The Labute approximate surface area is 233 Å². The van der Waals surface area contributed by atoms with Gasteiger partial charge in [0, 0.05) is 41.3 Å². The van der Waals surface area contributed by atoms with Crippen LogP contribution >= 0.6 is 0 Å². The van der Waals surface area contributed by atoms with Crippen LogP contribution in [0.2, 0.25) is 0 Å². The van der Waals surface area contributed by atoms with Gasteiger partial charge in [-0.05, 0) is 94.2 Å². The van der Waals surface area contributed by atoms with E-state index in [1.807, 2.05) is 20.8 Å². The Morgan fingerprint density at radius 2 is 1.80 bits per heavy atom. The summed E-state index contributed by atoms with van der Waals surface area (Å²) in [6, 6.07) is 10.7. The summed E-state index contributed by atoms with van der Waals surface area (Å²) in [6.07, 6.45) is 4.15. The molecule has 8 nitrogen and oxygen atoms in total. The SMILES string of the molecule is Cc1[nH]c(/C=C2\C(=O)Nc3ccc(C(=O)N[C@H](C)c4ccc(F)cc4)cc32)c(C)c1C(=O)NCCN1CCCC1. The van der Waals surface area contributed by atoms with Crippen LogP contribution in [0.5, 0.6) is 0 Å². The number of amides is 3. The Bertz CT molecular complexity index is 1490. The van der Waals surface area contributed by atoms with Crippen molar-refractivity contribution < 1.29 is 18.8 Å². The second-order valence-corrected chi connectivity index (χ2v) is 10.5. The first kappa shape index (κ1) is 27.3. The maximum Gasteiger partial charge on any atom is 0.256 e. The van der Waals surface area contributed by atoms with Crippen molar-refractivity contribution in [1.82, 2.24) is 20.5 Å². The number of aromatic nitrogens is 1. The molecule has 208 valence electrons. The number of carbonyl (C=O) groups excluding carboxylic acids is 3. The number of hydrogen-bond acceptors (Lipinski definition) is 4. The van der Waals surface area contributed by atoms with Crippen LogP contribution < -0.4 is 16.0 Å². The lowest BCUT2D eigenvalue weighted by Gasteiger charge is -2.15. The third-order valence-corrected chi connectivity index (χ3v) is 7.69. The van der Waals surface area contributed by atoms with Crippen molar-refractivity contribution in [2.24, 2.45) is 0 Å². The molecule has 0 spiro atoms. The third-order valence-electron chi connectivity index (χ3n) is 7.69. The molecule has 0 saturated carbocycles. The van der Waals surface area contributed by atoms with E-state index in [1.165, 1.54) is 25.0 Å². The highest BCUT2D eigenvalue weighted by Crippen LogP contribution is 2.35. The minimum absolute atomic E-state index is 0.138. The zero-order chi connectivity index (χ0) is 28.4. The predicted molar refractivity (Wildman–Crippen MR) is 153 cm³/mol. The van der Waals surface area contributed by atoms with Crippen LogP contribution in [-0.4, -0.2) is 53.8 Å². The monoisotopic (exact) mass is 543 g/mol. The number of rotatable bonds is 8. The van der Waals surface area contributed by atoms with Gasteiger partial charge in [0.1, 0.15) is 5.82 Å². The number of benzene rings is 2. The number of H-pyrrole nitrogens is 1. The van der Waals surface area contributed by atoms with E-state index in [1.54, 1.807) is 36.4 Å². The lowest BCUT2D eigenvalue weighted by atomic mass is 10.0. The molecule has 1 atom stereocenters. The van der Waals surface area contributed by atoms with E-state index in [0.717, 1.165) is 36.5 Å². The lowest BCUT2D eigenvalue weighted by molar-refractivity contribution is -0.110. The van der Waals surface area contributed by atoms with Gasteiger partial charge in [-0.25, -0.2) is 4.39 Å².